The number of carbonyl (C=O) groups is 1. The lowest BCUT2D eigenvalue weighted by atomic mass is 10.0. The SMILES string of the molecule is COc1cnn(C(C)C)c1C(=O)c1ccccc1C. The molecular formula is C15H18N2O2. The fourth-order valence-electron chi connectivity index (χ4n) is 2.06. The summed E-state index contributed by atoms with van der Waals surface area (Å²) in [5, 5.41) is 4.23. The molecule has 0 aliphatic carbocycles. The smallest absolute Gasteiger partial charge is 0.215 e. The minimum Gasteiger partial charge on any atom is -0.493 e. The van der Waals surface area contributed by atoms with Gasteiger partial charge in [-0.25, -0.2) is 0 Å². The Morgan fingerprint density at radius 2 is 2.00 bits per heavy atom. The Kier molecular flexibility index (Phi) is 3.69. The minimum atomic E-state index is -0.0545. The predicted octanol–water partition coefficient (Wildman–Crippen LogP) is 3.01. The van der Waals surface area contributed by atoms with Crippen LogP contribution in [-0.2, 0) is 0 Å². The first kappa shape index (κ1) is 13.3. The van der Waals surface area contributed by atoms with E-state index in [1.54, 1.807) is 18.0 Å². The molecule has 19 heavy (non-hydrogen) atoms. The maximum absolute atomic E-state index is 12.7. The Labute approximate surface area is 113 Å². The zero-order valence-corrected chi connectivity index (χ0v) is 11.7. The summed E-state index contributed by atoms with van der Waals surface area (Å²) in [5.74, 6) is 0.461. The number of hydrogen-bond acceptors (Lipinski definition) is 3. The van der Waals surface area contributed by atoms with Crippen molar-refractivity contribution in [3.8, 4) is 5.75 Å². The van der Waals surface area contributed by atoms with Crippen LogP contribution in [0.25, 0.3) is 0 Å². The molecule has 4 nitrogen and oxygen atoms in total. The number of hydrogen-bond donors (Lipinski definition) is 0. The van der Waals surface area contributed by atoms with Gasteiger partial charge < -0.3 is 4.74 Å². The zero-order valence-electron chi connectivity index (χ0n) is 11.7. The summed E-state index contributed by atoms with van der Waals surface area (Å²) in [6, 6.07) is 7.64. The molecule has 0 aliphatic heterocycles. The van der Waals surface area contributed by atoms with E-state index in [9.17, 15) is 4.79 Å². The number of methoxy groups -OCH3 is 1. The monoisotopic (exact) mass is 258 g/mol. The Morgan fingerprint density at radius 1 is 1.32 bits per heavy atom. The number of nitrogens with zero attached hydrogens (tertiary/aromatic N) is 2. The average molecular weight is 258 g/mol. The van der Waals surface area contributed by atoms with Crippen LogP contribution in [0.2, 0.25) is 0 Å². The number of ketones is 1. The second-order valence-corrected chi connectivity index (χ2v) is 4.74. The quantitative estimate of drug-likeness (QED) is 0.792. The molecule has 0 saturated heterocycles. The molecule has 0 aliphatic rings. The van der Waals surface area contributed by atoms with Crippen molar-refractivity contribution in [3.05, 3.63) is 47.3 Å². The summed E-state index contributed by atoms with van der Waals surface area (Å²) >= 11 is 0. The number of aryl methyl sites for hydroxylation is 1. The topological polar surface area (TPSA) is 44.1 Å². The molecule has 1 aromatic carbocycles. The van der Waals surface area contributed by atoms with E-state index in [0.717, 1.165) is 5.56 Å². The fourth-order valence-corrected chi connectivity index (χ4v) is 2.06. The number of aromatic nitrogens is 2. The molecule has 0 radical (unpaired) electrons. The van der Waals surface area contributed by atoms with Crippen LogP contribution in [0.4, 0.5) is 0 Å². The first-order valence-corrected chi connectivity index (χ1v) is 6.28. The van der Waals surface area contributed by atoms with E-state index >= 15 is 0 Å². The fraction of sp³-hybridized carbons (Fsp3) is 0.333. The van der Waals surface area contributed by atoms with Crippen LogP contribution in [0.5, 0.6) is 5.75 Å². The maximum atomic E-state index is 12.7. The third-order valence-electron chi connectivity index (χ3n) is 3.08. The summed E-state index contributed by atoms with van der Waals surface area (Å²) in [4.78, 5) is 12.7. The highest BCUT2D eigenvalue weighted by Crippen LogP contribution is 2.25. The second kappa shape index (κ2) is 5.26. The van der Waals surface area contributed by atoms with Gasteiger partial charge in [0.25, 0.3) is 0 Å². The van der Waals surface area contributed by atoms with E-state index in [1.165, 1.54) is 0 Å². The van der Waals surface area contributed by atoms with Gasteiger partial charge in [0.1, 0.15) is 0 Å². The summed E-state index contributed by atoms with van der Waals surface area (Å²) < 4.78 is 6.96. The van der Waals surface area contributed by atoms with Crippen LogP contribution in [0.1, 0.15) is 41.5 Å². The van der Waals surface area contributed by atoms with E-state index in [1.807, 2.05) is 45.0 Å². The first-order chi connectivity index (χ1) is 9.06. The van der Waals surface area contributed by atoms with Gasteiger partial charge in [-0.05, 0) is 26.3 Å². The molecule has 100 valence electrons. The van der Waals surface area contributed by atoms with Gasteiger partial charge in [-0.1, -0.05) is 24.3 Å². The van der Waals surface area contributed by atoms with Crippen LogP contribution in [0.15, 0.2) is 30.5 Å². The van der Waals surface area contributed by atoms with Gasteiger partial charge in [0.05, 0.1) is 13.3 Å². The lowest BCUT2D eigenvalue weighted by Crippen LogP contribution is -2.15. The molecule has 0 amide bonds. The van der Waals surface area contributed by atoms with Crippen molar-refractivity contribution in [1.29, 1.82) is 0 Å². The van der Waals surface area contributed by atoms with Crippen molar-refractivity contribution < 1.29 is 9.53 Å². The van der Waals surface area contributed by atoms with Crippen LogP contribution in [-0.4, -0.2) is 22.7 Å². The molecule has 0 unspecified atom stereocenters. The summed E-state index contributed by atoms with van der Waals surface area (Å²) in [7, 11) is 1.55. The van der Waals surface area contributed by atoms with Crippen molar-refractivity contribution in [1.82, 2.24) is 9.78 Å². The van der Waals surface area contributed by atoms with Gasteiger partial charge in [-0.3, -0.25) is 9.48 Å². The molecule has 0 fully saturated rings. The summed E-state index contributed by atoms with van der Waals surface area (Å²) in [5.41, 5.74) is 2.14. The van der Waals surface area contributed by atoms with Crippen molar-refractivity contribution >= 4 is 5.78 Å². The van der Waals surface area contributed by atoms with Crippen molar-refractivity contribution in [2.75, 3.05) is 7.11 Å². The van der Waals surface area contributed by atoms with E-state index in [0.29, 0.717) is 17.0 Å². The van der Waals surface area contributed by atoms with Gasteiger partial charge in [-0.15, -0.1) is 0 Å². The predicted molar refractivity (Wildman–Crippen MR) is 73.8 cm³/mol. The number of carbonyl (C=O) groups excluding carboxylic acids is 1. The molecule has 0 saturated carbocycles. The van der Waals surface area contributed by atoms with Gasteiger partial charge in [0.2, 0.25) is 5.78 Å². The standard InChI is InChI=1S/C15H18N2O2/c1-10(2)17-14(13(19-4)9-16-17)15(18)12-8-6-5-7-11(12)3/h5-10H,1-4H3. The highest BCUT2D eigenvalue weighted by atomic mass is 16.5. The van der Waals surface area contributed by atoms with Crippen LogP contribution in [0, 0.1) is 6.92 Å². The highest BCUT2D eigenvalue weighted by molar-refractivity contribution is 6.10. The van der Waals surface area contributed by atoms with Crippen LogP contribution in [0.3, 0.4) is 0 Å². The Balaban J connectivity index is 2.55. The average Bonchev–Trinajstić information content (AvgIpc) is 2.82. The molecule has 1 aromatic heterocycles. The zero-order chi connectivity index (χ0) is 14.0. The minimum absolute atomic E-state index is 0.0545. The van der Waals surface area contributed by atoms with Gasteiger partial charge in [-0.2, -0.15) is 5.10 Å². The number of rotatable bonds is 4. The molecule has 0 bridgehead atoms. The molecule has 0 N–H and O–H groups in total. The normalized spacial score (nSPS) is 10.8. The summed E-state index contributed by atoms with van der Waals surface area (Å²) in [6.45, 7) is 5.90. The largest absolute Gasteiger partial charge is 0.493 e. The van der Waals surface area contributed by atoms with Crippen molar-refractivity contribution in [2.45, 2.75) is 26.8 Å². The third kappa shape index (κ3) is 2.38. The molecule has 4 heteroatoms. The Morgan fingerprint density at radius 3 is 2.58 bits per heavy atom. The molecule has 2 rings (SSSR count). The lowest BCUT2D eigenvalue weighted by Gasteiger charge is -2.12. The van der Waals surface area contributed by atoms with Gasteiger partial charge >= 0.3 is 0 Å². The van der Waals surface area contributed by atoms with Crippen molar-refractivity contribution in [3.63, 3.8) is 0 Å². The van der Waals surface area contributed by atoms with Crippen LogP contribution < -0.4 is 4.74 Å². The molecule has 2 aromatic rings. The highest BCUT2D eigenvalue weighted by Gasteiger charge is 2.23. The Bertz CT molecular complexity index is 600. The van der Waals surface area contributed by atoms with E-state index < -0.39 is 0 Å². The molecular weight excluding hydrogens is 240 g/mol. The van der Waals surface area contributed by atoms with Crippen LogP contribution >= 0.6 is 0 Å². The lowest BCUT2D eigenvalue weighted by molar-refractivity contribution is 0.102. The maximum Gasteiger partial charge on any atom is 0.215 e. The first-order valence-electron chi connectivity index (χ1n) is 6.28. The Hall–Kier alpha value is -2.10. The molecule has 1 heterocycles. The summed E-state index contributed by atoms with van der Waals surface area (Å²) in [6.07, 6.45) is 1.59. The van der Waals surface area contributed by atoms with Crippen molar-refractivity contribution in [2.24, 2.45) is 0 Å². The molecule has 0 atom stereocenters. The number of benzene rings is 1. The van der Waals surface area contributed by atoms with E-state index in [4.69, 9.17) is 4.74 Å². The molecule has 0 spiro atoms. The van der Waals surface area contributed by atoms with Gasteiger partial charge in [0, 0.05) is 11.6 Å². The van der Waals surface area contributed by atoms with Gasteiger partial charge in [0.15, 0.2) is 11.4 Å². The van der Waals surface area contributed by atoms with E-state index in [2.05, 4.69) is 5.10 Å². The number of ether oxygens (including phenoxy) is 1. The second-order valence-electron chi connectivity index (χ2n) is 4.74. The third-order valence-corrected chi connectivity index (χ3v) is 3.08. The van der Waals surface area contributed by atoms with E-state index in [-0.39, 0.29) is 11.8 Å².